The molecule has 0 N–H and O–H groups in total. The predicted molar refractivity (Wildman–Crippen MR) is 165 cm³/mol. The van der Waals surface area contributed by atoms with Crippen molar-refractivity contribution in [1.29, 1.82) is 0 Å². The van der Waals surface area contributed by atoms with E-state index in [1.165, 1.54) is 79.3 Å². The fourth-order valence-corrected chi connectivity index (χ4v) is 7.10. The molecule has 204 valence electrons. The number of likely N-dealkylation sites (tertiary alicyclic amines) is 1. The van der Waals surface area contributed by atoms with E-state index in [1.807, 2.05) is 0 Å². The van der Waals surface area contributed by atoms with Crippen LogP contribution in [0, 0.1) is 30.1 Å². The van der Waals surface area contributed by atoms with Crippen LogP contribution < -0.4 is 0 Å². The van der Waals surface area contributed by atoms with Gasteiger partial charge in [-0.1, -0.05) is 90.5 Å². The van der Waals surface area contributed by atoms with E-state index in [9.17, 15) is 0 Å². The van der Waals surface area contributed by atoms with E-state index in [2.05, 4.69) is 96.0 Å². The summed E-state index contributed by atoms with van der Waals surface area (Å²) in [6.45, 7) is 24.6. The minimum absolute atomic E-state index is 0.484. The van der Waals surface area contributed by atoms with Gasteiger partial charge in [-0.25, -0.2) is 0 Å². The van der Waals surface area contributed by atoms with Crippen molar-refractivity contribution < 1.29 is 0 Å². The highest BCUT2D eigenvalue weighted by Crippen LogP contribution is 2.52. The molecule has 1 aromatic rings. The molecule has 2 fully saturated rings. The molecular weight excluding hydrogens is 446 g/mol. The monoisotopic (exact) mass is 501 g/mol. The smallest absolute Gasteiger partial charge is 0.0366 e. The maximum Gasteiger partial charge on any atom is 0.0366 e. The normalized spacial score (nSPS) is 22.5. The molecule has 1 aromatic carbocycles. The Bertz CT molecular complexity index is 966. The first kappa shape index (κ1) is 29.5. The lowest BCUT2D eigenvalue weighted by Gasteiger charge is -2.50. The van der Waals surface area contributed by atoms with E-state index >= 15 is 0 Å². The van der Waals surface area contributed by atoms with Crippen LogP contribution in [0.1, 0.15) is 109 Å². The fourth-order valence-electron chi connectivity index (χ4n) is 7.10. The standard InChI is InChI=1S/C36H55N/c1-9-13-14-31-24-35(32(12-4)23-30(10-2)11-3)26-36(25-31)17-19-37(20-18-36)29(8)34-16-15-33(21-27(5)6)28(7)22-34/h10,12,15-16,22-23,27,31,35H,2,8-9,11,13-14,17-21,24-26H2,1,3-7H3/b30-23+,32-12+. The van der Waals surface area contributed by atoms with Crippen molar-refractivity contribution in [2.24, 2.45) is 23.2 Å². The number of rotatable bonds is 11. The number of hydrogen-bond donors (Lipinski definition) is 0. The Kier molecular flexibility index (Phi) is 10.9. The molecule has 2 unspecified atom stereocenters. The molecule has 1 nitrogen and oxygen atoms in total. The van der Waals surface area contributed by atoms with Gasteiger partial charge < -0.3 is 4.90 Å². The summed E-state index contributed by atoms with van der Waals surface area (Å²) in [5.74, 6) is 2.24. The van der Waals surface area contributed by atoms with Crippen LogP contribution in [0.4, 0.5) is 0 Å². The number of allylic oxidation sites excluding steroid dienone is 5. The van der Waals surface area contributed by atoms with Gasteiger partial charge in [-0.2, -0.15) is 0 Å². The first-order chi connectivity index (χ1) is 17.7. The van der Waals surface area contributed by atoms with Crippen molar-refractivity contribution in [3.63, 3.8) is 0 Å². The maximum atomic E-state index is 4.58. The lowest BCUT2D eigenvalue weighted by atomic mass is 9.59. The predicted octanol–water partition coefficient (Wildman–Crippen LogP) is 10.3. The molecule has 1 heterocycles. The van der Waals surface area contributed by atoms with Crippen LogP contribution in [0.5, 0.6) is 0 Å². The van der Waals surface area contributed by atoms with Gasteiger partial charge in [0, 0.05) is 18.8 Å². The van der Waals surface area contributed by atoms with Crippen molar-refractivity contribution in [3.8, 4) is 0 Å². The van der Waals surface area contributed by atoms with E-state index < -0.39 is 0 Å². The van der Waals surface area contributed by atoms with E-state index in [-0.39, 0.29) is 0 Å². The third-order valence-electron chi connectivity index (χ3n) is 9.32. The maximum absolute atomic E-state index is 4.58. The second kappa shape index (κ2) is 13.7. The Morgan fingerprint density at radius 3 is 2.46 bits per heavy atom. The molecule has 1 spiro atoms. The van der Waals surface area contributed by atoms with Gasteiger partial charge >= 0.3 is 0 Å². The van der Waals surface area contributed by atoms with Crippen LogP contribution in [0.25, 0.3) is 5.70 Å². The number of unbranched alkanes of at least 4 members (excludes halogenated alkanes) is 1. The zero-order chi connectivity index (χ0) is 27.0. The fraction of sp³-hybridized carbons (Fsp3) is 0.611. The van der Waals surface area contributed by atoms with Crippen LogP contribution in [0.3, 0.4) is 0 Å². The van der Waals surface area contributed by atoms with Crippen molar-refractivity contribution in [3.05, 3.63) is 77.4 Å². The third kappa shape index (κ3) is 7.75. The zero-order valence-electron chi connectivity index (χ0n) is 25.0. The molecule has 2 atom stereocenters. The van der Waals surface area contributed by atoms with Crippen LogP contribution in [0.2, 0.25) is 0 Å². The quantitative estimate of drug-likeness (QED) is 0.273. The third-order valence-corrected chi connectivity index (χ3v) is 9.32. The van der Waals surface area contributed by atoms with E-state index in [0.29, 0.717) is 17.3 Å². The summed E-state index contributed by atoms with van der Waals surface area (Å²) in [6.07, 6.45) is 19.9. The van der Waals surface area contributed by atoms with Crippen molar-refractivity contribution in [2.75, 3.05) is 13.1 Å². The molecule has 1 heteroatoms. The van der Waals surface area contributed by atoms with E-state index in [4.69, 9.17) is 0 Å². The molecule has 1 saturated carbocycles. The number of benzene rings is 1. The van der Waals surface area contributed by atoms with Crippen LogP contribution in [0.15, 0.2) is 60.7 Å². The van der Waals surface area contributed by atoms with Gasteiger partial charge in [0.1, 0.15) is 0 Å². The highest BCUT2D eigenvalue weighted by atomic mass is 15.1. The summed E-state index contributed by atoms with van der Waals surface area (Å²) < 4.78 is 0. The average molecular weight is 502 g/mol. The summed E-state index contributed by atoms with van der Waals surface area (Å²) in [5, 5.41) is 0. The molecule has 1 aliphatic heterocycles. The van der Waals surface area contributed by atoms with Crippen molar-refractivity contribution >= 4 is 5.70 Å². The Morgan fingerprint density at radius 2 is 1.89 bits per heavy atom. The number of aryl methyl sites for hydroxylation is 1. The number of piperidine rings is 1. The molecule has 1 aliphatic carbocycles. The highest BCUT2D eigenvalue weighted by Gasteiger charge is 2.43. The highest BCUT2D eigenvalue weighted by molar-refractivity contribution is 5.63. The molecule has 0 bridgehead atoms. The molecule has 1 saturated heterocycles. The second-order valence-electron chi connectivity index (χ2n) is 12.6. The van der Waals surface area contributed by atoms with Gasteiger partial charge in [-0.15, -0.1) is 0 Å². The van der Waals surface area contributed by atoms with E-state index in [1.54, 1.807) is 5.57 Å². The zero-order valence-corrected chi connectivity index (χ0v) is 25.0. The molecule has 0 aromatic heterocycles. The minimum Gasteiger partial charge on any atom is -0.371 e. The Balaban J connectivity index is 1.74. The summed E-state index contributed by atoms with van der Waals surface area (Å²) in [4.78, 5) is 2.58. The lowest BCUT2D eigenvalue weighted by Crippen LogP contribution is -2.43. The van der Waals surface area contributed by atoms with Gasteiger partial charge in [0.05, 0.1) is 0 Å². The summed E-state index contributed by atoms with van der Waals surface area (Å²) in [5.41, 5.74) is 8.83. The first-order valence-corrected chi connectivity index (χ1v) is 15.3. The summed E-state index contributed by atoms with van der Waals surface area (Å²) in [7, 11) is 0. The summed E-state index contributed by atoms with van der Waals surface area (Å²) >= 11 is 0. The molecular formula is C36H55N. The first-order valence-electron chi connectivity index (χ1n) is 15.3. The topological polar surface area (TPSA) is 3.24 Å². The molecule has 37 heavy (non-hydrogen) atoms. The minimum atomic E-state index is 0.484. The van der Waals surface area contributed by atoms with Crippen molar-refractivity contribution in [1.82, 2.24) is 4.90 Å². The van der Waals surface area contributed by atoms with Crippen molar-refractivity contribution in [2.45, 2.75) is 106 Å². The van der Waals surface area contributed by atoms with Gasteiger partial charge in [0.2, 0.25) is 0 Å². The van der Waals surface area contributed by atoms with Crippen LogP contribution >= 0.6 is 0 Å². The molecule has 3 rings (SSSR count). The average Bonchev–Trinajstić information content (AvgIpc) is 2.89. The molecule has 0 amide bonds. The van der Waals surface area contributed by atoms with Gasteiger partial charge in [-0.3, -0.25) is 0 Å². The number of hydrogen-bond acceptors (Lipinski definition) is 1. The molecule has 2 aliphatic rings. The Morgan fingerprint density at radius 1 is 1.16 bits per heavy atom. The van der Waals surface area contributed by atoms with E-state index in [0.717, 1.165) is 31.8 Å². The van der Waals surface area contributed by atoms with Gasteiger partial charge in [0.25, 0.3) is 0 Å². The van der Waals surface area contributed by atoms with Crippen LogP contribution in [-0.2, 0) is 6.42 Å². The van der Waals surface area contributed by atoms with Gasteiger partial charge in [-0.05, 0) is 116 Å². The second-order valence-corrected chi connectivity index (χ2v) is 12.6. The van der Waals surface area contributed by atoms with Crippen LogP contribution in [-0.4, -0.2) is 18.0 Å². The Labute approximate surface area is 229 Å². The Hall–Kier alpha value is -2.02. The number of nitrogens with zero attached hydrogens (tertiary/aromatic N) is 1. The largest absolute Gasteiger partial charge is 0.371 e. The summed E-state index contributed by atoms with van der Waals surface area (Å²) in [6, 6.07) is 7.02. The van der Waals surface area contributed by atoms with Gasteiger partial charge in [0.15, 0.2) is 0 Å². The SMILES string of the molecule is C=C/C(=C\C(=C/C)C1CC(CCCC)CC2(CCN(C(=C)c3ccc(CC(C)C)c(C)c3)CC2)C1)CC. The lowest BCUT2D eigenvalue weighted by molar-refractivity contribution is 0.0415. The molecule has 0 radical (unpaired) electrons.